The van der Waals surface area contributed by atoms with Gasteiger partial charge in [0.1, 0.15) is 0 Å². The molecule has 2 rings (SSSR count). The van der Waals surface area contributed by atoms with Crippen molar-refractivity contribution in [2.75, 3.05) is 25.0 Å². The van der Waals surface area contributed by atoms with Crippen molar-refractivity contribution in [1.82, 2.24) is 4.90 Å². The summed E-state index contributed by atoms with van der Waals surface area (Å²) in [5, 5.41) is 2.95. The number of aryl methyl sites for hydroxylation is 1. The highest BCUT2D eigenvalue weighted by atomic mass is 16.2. The normalized spacial score (nSPS) is 23.6. The van der Waals surface area contributed by atoms with E-state index in [1.807, 2.05) is 31.2 Å². The number of likely N-dealkylation sites (tertiary alicyclic amines) is 1. The van der Waals surface area contributed by atoms with E-state index in [0.29, 0.717) is 12.5 Å². The molecule has 1 aromatic carbocycles. The lowest BCUT2D eigenvalue weighted by Crippen LogP contribution is -2.48. The molecule has 0 aromatic heterocycles. The van der Waals surface area contributed by atoms with Gasteiger partial charge in [-0.15, -0.1) is 0 Å². The van der Waals surface area contributed by atoms with E-state index in [0.717, 1.165) is 31.6 Å². The molecule has 1 fully saturated rings. The van der Waals surface area contributed by atoms with Crippen LogP contribution in [0.1, 0.15) is 25.3 Å². The lowest BCUT2D eigenvalue weighted by Gasteiger charge is -2.36. The van der Waals surface area contributed by atoms with Gasteiger partial charge in [0.2, 0.25) is 5.91 Å². The zero-order valence-electron chi connectivity index (χ0n) is 12.4. The Morgan fingerprint density at radius 1 is 1.40 bits per heavy atom. The first kappa shape index (κ1) is 15.0. The van der Waals surface area contributed by atoms with Crippen LogP contribution in [0.2, 0.25) is 0 Å². The maximum atomic E-state index is 12.1. The highest BCUT2D eigenvalue weighted by molar-refractivity contribution is 5.92. The lowest BCUT2D eigenvalue weighted by molar-refractivity contribution is -0.117. The topological polar surface area (TPSA) is 58.4 Å². The van der Waals surface area contributed by atoms with Gasteiger partial charge in [-0.25, -0.2) is 0 Å². The number of anilines is 1. The van der Waals surface area contributed by atoms with Gasteiger partial charge in [0.15, 0.2) is 0 Å². The van der Waals surface area contributed by atoms with Crippen LogP contribution in [0.15, 0.2) is 24.3 Å². The molecule has 1 amide bonds. The lowest BCUT2D eigenvalue weighted by atomic mass is 9.91. The highest BCUT2D eigenvalue weighted by Gasteiger charge is 2.26. The molecule has 2 unspecified atom stereocenters. The standard InChI is InChI=1S/C16H25N3O/c1-3-13-10-19(9-8-15(13)17)11-16(20)18-14-6-4-12(2)5-7-14/h4-7,13,15H,3,8-11,17H2,1-2H3,(H,18,20). The zero-order valence-corrected chi connectivity index (χ0v) is 12.4. The quantitative estimate of drug-likeness (QED) is 0.883. The average molecular weight is 275 g/mol. The van der Waals surface area contributed by atoms with Gasteiger partial charge in [0, 0.05) is 24.8 Å². The second-order valence-electron chi connectivity index (χ2n) is 5.77. The number of piperidine rings is 1. The summed E-state index contributed by atoms with van der Waals surface area (Å²) in [6, 6.07) is 8.17. The molecule has 4 heteroatoms. The van der Waals surface area contributed by atoms with Crippen molar-refractivity contribution in [1.29, 1.82) is 0 Å². The molecule has 20 heavy (non-hydrogen) atoms. The van der Waals surface area contributed by atoms with Gasteiger partial charge in [-0.2, -0.15) is 0 Å². The molecule has 1 aliphatic heterocycles. The minimum Gasteiger partial charge on any atom is -0.327 e. The molecular formula is C16H25N3O. The summed E-state index contributed by atoms with van der Waals surface area (Å²) in [5.41, 5.74) is 8.15. The molecule has 0 saturated carbocycles. The van der Waals surface area contributed by atoms with Crippen LogP contribution < -0.4 is 11.1 Å². The number of nitrogens with two attached hydrogens (primary N) is 1. The van der Waals surface area contributed by atoms with Gasteiger partial charge in [-0.3, -0.25) is 9.69 Å². The number of rotatable bonds is 4. The maximum Gasteiger partial charge on any atom is 0.238 e. The molecule has 2 atom stereocenters. The van der Waals surface area contributed by atoms with Crippen molar-refractivity contribution < 1.29 is 4.79 Å². The minimum absolute atomic E-state index is 0.0548. The second-order valence-corrected chi connectivity index (χ2v) is 5.77. The fourth-order valence-corrected chi connectivity index (χ4v) is 2.74. The van der Waals surface area contributed by atoms with Gasteiger partial charge < -0.3 is 11.1 Å². The molecular weight excluding hydrogens is 250 g/mol. The number of carbonyl (C=O) groups excluding carboxylic acids is 1. The Kier molecular flexibility index (Phi) is 5.15. The van der Waals surface area contributed by atoms with E-state index < -0.39 is 0 Å². The van der Waals surface area contributed by atoms with Crippen LogP contribution in [-0.4, -0.2) is 36.5 Å². The van der Waals surface area contributed by atoms with Crippen molar-refractivity contribution in [3.63, 3.8) is 0 Å². The molecule has 0 bridgehead atoms. The van der Waals surface area contributed by atoms with Gasteiger partial charge in [-0.1, -0.05) is 31.0 Å². The number of hydrogen-bond acceptors (Lipinski definition) is 3. The van der Waals surface area contributed by atoms with Crippen molar-refractivity contribution in [3.8, 4) is 0 Å². The number of nitrogens with zero attached hydrogens (tertiary/aromatic N) is 1. The van der Waals surface area contributed by atoms with Crippen LogP contribution in [0, 0.1) is 12.8 Å². The van der Waals surface area contributed by atoms with Gasteiger partial charge in [-0.05, 0) is 31.4 Å². The van der Waals surface area contributed by atoms with E-state index in [1.165, 1.54) is 5.56 Å². The van der Waals surface area contributed by atoms with Crippen molar-refractivity contribution in [2.24, 2.45) is 11.7 Å². The van der Waals surface area contributed by atoms with E-state index >= 15 is 0 Å². The van der Waals surface area contributed by atoms with Crippen molar-refractivity contribution in [2.45, 2.75) is 32.7 Å². The minimum atomic E-state index is 0.0548. The van der Waals surface area contributed by atoms with E-state index in [-0.39, 0.29) is 11.9 Å². The summed E-state index contributed by atoms with van der Waals surface area (Å²) in [5.74, 6) is 0.565. The number of amides is 1. The van der Waals surface area contributed by atoms with Gasteiger partial charge in [0.25, 0.3) is 0 Å². The third-order valence-electron chi connectivity index (χ3n) is 4.10. The molecule has 3 N–H and O–H groups in total. The van der Waals surface area contributed by atoms with Crippen molar-refractivity contribution >= 4 is 11.6 Å². The molecule has 110 valence electrons. The Morgan fingerprint density at radius 3 is 2.75 bits per heavy atom. The molecule has 1 aliphatic rings. The number of carbonyl (C=O) groups is 1. The van der Waals surface area contributed by atoms with E-state index in [1.54, 1.807) is 0 Å². The largest absolute Gasteiger partial charge is 0.327 e. The Labute approximate surface area is 121 Å². The molecule has 4 nitrogen and oxygen atoms in total. The van der Waals surface area contributed by atoms with Gasteiger partial charge >= 0.3 is 0 Å². The van der Waals surface area contributed by atoms with Crippen molar-refractivity contribution in [3.05, 3.63) is 29.8 Å². The molecule has 0 radical (unpaired) electrons. The smallest absolute Gasteiger partial charge is 0.238 e. The first-order valence-electron chi connectivity index (χ1n) is 7.43. The van der Waals surface area contributed by atoms with E-state index in [9.17, 15) is 4.79 Å². The summed E-state index contributed by atoms with van der Waals surface area (Å²) in [4.78, 5) is 14.3. The van der Waals surface area contributed by atoms with Crippen LogP contribution in [0.5, 0.6) is 0 Å². The Hall–Kier alpha value is -1.39. The molecule has 0 aliphatic carbocycles. The number of hydrogen-bond donors (Lipinski definition) is 2. The Bertz CT molecular complexity index is 444. The first-order chi connectivity index (χ1) is 9.58. The fourth-order valence-electron chi connectivity index (χ4n) is 2.74. The molecule has 0 spiro atoms. The Morgan fingerprint density at radius 2 is 2.10 bits per heavy atom. The summed E-state index contributed by atoms with van der Waals surface area (Å²) in [7, 11) is 0. The summed E-state index contributed by atoms with van der Waals surface area (Å²) in [6.07, 6.45) is 2.06. The molecule has 1 saturated heterocycles. The summed E-state index contributed by atoms with van der Waals surface area (Å²) >= 11 is 0. The predicted octanol–water partition coefficient (Wildman–Crippen LogP) is 1.99. The molecule has 1 heterocycles. The van der Waals surface area contributed by atoms with Crippen LogP contribution >= 0.6 is 0 Å². The predicted molar refractivity (Wildman–Crippen MR) is 82.6 cm³/mol. The zero-order chi connectivity index (χ0) is 14.5. The number of benzene rings is 1. The average Bonchev–Trinajstić information content (AvgIpc) is 2.43. The maximum absolute atomic E-state index is 12.1. The monoisotopic (exact) mass is 275 g/mol. The summed E-state index contributed by atoms with van der Waals surface area (Å²) in [6.45, 7) is 6.50. The van der Waals surface area contributed by atoms with Crippen LogP contribution in [0.25, 0.3) is 0 Å². The summed E-state index contributed by atoms with van der Waals surface area (Å²) < 4.78 is 0. The first-order valence-corrected chi connectivity index (χ1v) is 7.43. The third-order valence-corrected chi connectivity index (χ3v) is 4.10. The second kappa shape index (κ2) is 6.86. The fraction of sp³-hybridized carbons (Fsp3) is 0.562. The highest BCUT2D eigenvalue weighted by Crippen LogP contribution is 2.18. The Balaban J connectivity index is 1.84. The SMILES string of the molecule is CCC1CN(CC(=O)Nc2ccc(C)cc2)CCC1N. The number of nitrogens with one attached hydrogen (secondary N) is 1. The van der Waals surface area contributed by atoms with Crippen LogP contribution in [0.4, 0.5) is 5.69 Å². The van der Waals surface area contributed by atoms with Crippen LogP contribution in [0.3, 0.4) is 0 Å². The third kappa shape index (κ3) is 4.05. The molecule has 1 aromatic rings. The van der Waals surface area contributed by atoms with E-state index in [2.05, 4.69) is 17.1 Å². The van der Waals surface area contributed by atoms with Gasteiger partial charge in [0.05, 0.1) is 6.54 Å². The van der Waals surface area contributed by atoms with Crippen LogP contribution in [-0.2, 0) is 4.79 Å². The van der Waals surface area contributed by atoms with E-state index in [4.69, 9.17) is 5.73 Å².